The van der Waals surface area contributed by atoms with Crippen LogP contribution in [0.5, 0.6) is 0 Å². The Labute approximate surface area is 74.8 Å². The molecule has 0 aliphatic carbocycles. The monoisotopic (exact) mass is 228 g/mol. The van der Waals surface area contributed by atoms with E-state index in [1.54, 1.807) is 0 Å². The lowest BCUT2D eigenvalue weighted by molar-refractivity contribution is -0.368. The zero-order valence-corrected chi connectivity index (χ0v) is 7.13. The predicted octanol–water partition coefficient (Wildman–Crippen LogP) is 2.85. The summed E-state index contributed by atoms with van der Waals surface area (Å²) in [4.78, 5) is 0. The first-order valence-corrected chi connectivity index (χ1v) is 3.28. The molecule has 86 valence electrons. The van der Waals surface area contributed by atoms with Gasteiger partial charge in [-0.25, -0.2) is 8.78 Å². The summed E-state index contributed by atoms with van der Waals surface area (Å²) in [6.07, 6.45) is -4.38. The molecule has 14 heavy (non-hydrogen) atoms. The van der Waals surface area contributed by atoms with Crippen LogP contribution >= 0.6 is 0 Å². The van der Waals surface area contributed by atoms with Crippen LogP contribution in [0.1, 0.15) is 6.92 Å². The van der Waals surface area contributed by atoms with Crippen LogP contribution in [0.4, 0.5) is 30.7 Å². The summed E-state index contributed by atoms with van der Waals surface area (Å²) in [5.74, 6) is -15.6. The highest BCUT2D eigenvalue weighted by molar-refractivity contribution is 4.96. The molecule has 0 radical (unpaired) electrons. The summed E-state index contributed by atoms with van der Waals surface area (Å²) in [5.41, 5.74) is 0. The summed E-state index contributed by atoms with van der Waals surface area (Å²) < 4.78 is 88.7. The van der Waals surface area contributed by atoms with E-state index in [1.807, 2.05) is 0 Å². The Kier molecular flexibility index (Phi) is 3.42. The minimum Gasteiger partial charge on any atom is -0.340 e. The zero-order valence-electron chi connectivity index (χ0n) is 7.13. The lowest BCUT2D eigenvalue weighted by Gasteiger charge is -2.34. The molecule has 0 aliphatic heterocycles. The molecule has 0 fully saturated rings. The molecule has 8 heteroatoms. The largest absolute Gasteiger partial charge is 0.372 e. The van der Waals surface area contributed by atoms with Crippen LogP contribution in [0.15, 0.2) is 0 Å². The van der Waals surface area contributed by atoms with Gasteiger partial charge in [0.25, 0.3) is 0 Å². The number of methoxy groups -OCH3 is 1. The topological polar surface area (TPSA) is 9.23 Å². The van der Waals surface area contributed by atoms with Crippen LogP contribution < -0.4 is 0 Å². The van der Waals surface area contributed by atoms with Gasteiger partial charge >= 0.3 is 24.1 Å². The predicted molar refractivity (Wildman–Crippen MR) is 32.4 cm³/mol. The van der Waals surface area contributed by atoms with Crippen molar-refractivity contribution >= 4 is 0 Å². The third-order valence-electron chi connectivity index (χ3n) is 1.56. The van der Waals surface area contributed by atoms with E-state index in [9.17, 15) is 30.7 Å². The van der Waals surface area contributed by atoms with Gasteiger partial charge in [0, 0.05) is 14.0 Å². The van der Waals surface area contributed by atoms with Gasteiger partial charge in [-0.2, -0.15) is 22.0 Å². The summed E-state index contributed by atoms with van der Waals surface area (Å²) in [6, 6.07) is 0. The molecule has 1 unspecified atom stereocenters. The van der Waals surface area contributed by atoms with Gasteiger partial charge in [0.1, 0.15) is 0 Å². The quantitative estimate of drug-likeness (QED) is 0.672. The highest BCUT2D eigenvalue weighted by Crippen LogP contribution is 2.47. The first-order chi connectivity index (χ1) is 6.00. The van der Waals surface area contributed by atoms with Crippen LogP contribution in [0, 0.1) is 0 Å². The van der Waals surface area contributed by atoms with E-state index < -0.39 is 24.1 Å². The van der Waals surface area contributed by atoms with Gasteiger partial charge in [0.15, 0.2) is 0 Å². The Hall–Kier alpha value is -0.530. The Balaban J connectivity index is 5.22. The second-order valence-electron chi connectivity index (χ2n) is 2.61. The Morgan fingerprint density at radius 3 is 1.43 bits per heavy atom. The van der Waals surface area contributed by atoms with Gasteiger partial charge in [-0.3, -0.25) is 0 Å². The van der Waals surface area contributed by atoms with E-state index in [0.29, 0.717) is 0 Å². The molecule has 0 aromatic rings. The summed E-state index contributed by atoms with van der Waals surface area (Å²) in [5, 5.41) is 0. The van der Waals surface area contributed by atoms with Gasteiger partial charge in [0.2, 0.25) is 0 Å². The molecule has 0 spiro atoms. The Morgan fingerprint density at radius 2 is 1.36 bits per heavy atom. The molecule has 0 amide bonds. The smallest absolute Gasteiger partial charge is 0.340 e. The normalized spacial score (nSPS) is 18.4. The van der Waals surface area contributed by atoms with Gasteiger partial charge < -0.3 is 4.74 Å². The van der Waals surface area contributed by atoms with Gasteiger partial charge in [-0.15, -0.1) is 0 Å². The molecule has 0 aromatic carbocycles. The van der Waals surface area contributed by atoms with Gasteiger partial charge in [-0.1, -0.05) is 0 Å². The highest BCUT2D eigenvalue weighted by atomic mass is 19.3. The third kappa shape index (κ3) is 1.79. The standard InChI is InChI=1S/C6H7F7O/c1-4(9,10)6(12,13)5(11,14-2)3(7)8/h3H,1-2H3. The van der Waals surface area contributed by atoms with Crippen molar-refractivity contribution in [3.63, 3.8) is 0 Å². The zero-order chi connectivity index (χ0) is 11.8. The minimum atomic E-state index is -5.61. The number of hydrogen-bond donors (Lipinski definition) is 0. The number of ether oxygens (including phenoxy) is 1. The summed E-state index contributed by atoms with van der Waals surface area (Å²) in [7, 11) is 0.159. The van der Waals surface area contributed by atoms with Crippen molar-refractivity contribution < 1.29 is 35.5 Å². The van der Waals surface area contributed by atoms with Crippen LogP contribution in [-0.4, -0.2) is 31.2 Å². The van der Waals surface area contributed by atoms with Crippen molar-refractivity contribution in [3.8, 4) is 0 Å². The van der Waals surface area contributed by atoms with Gasteiger partial charge in [0.05, 0.1) is 0 Å². The third-order valence-corrected chi connectivity index (χ3v) is 1.56. The molecule has 0 saturated heterocycles. The maximum absolute atomic E-state index is 12.7. The van der Waals surface area contributed by atoms with E-state index in [2.05, 4.69) is 4.74 Å². The van der Waals surface area contributed by atoms with Gasteiger partial charge in [-0.05, 0) is 0 Å². The highest BCUT2D eigenvalue weighted by Gasteiger charge is 2.73. The second kappa shape index (κ2) is 3.56. The number of halogens is 7. The maximum Gasteiger partial charge on any atom is 0.372 e. The SMILES string of the molecule is COC(F)(C(F)F)C(F)(F)C(C)(F)F. The Morgan fingerprint density at radius 1 is 1.00 bits per heavy atom. The van der Waals surface area contributed by atoms with Crippen molar-refractivity contribution in [2.24, 2.45) is 0 Å². The Bertz CT molecular complexity index is 196. The van der Waals surface area contributed by atoms with Crippen LogP contribution in [0.2, 0.25) is 0 Å². The fraction of sp³-hybridized carbons (Fsp3) is 1.00. The lowest BCUT2D eigenvalue weighted by atomic mass is 10.1. The molecular formula is C6H7F7O. The second-order valence-corrected chi connectivity index (χ2v) is 2.61. The van der Waals surface area contributed by atoms with Crippen LogP contribution in [0.3, 0.4) is 0 Å². The molecule has 0 heterocycles. The van der Waals surface area contributed by atoms with Crippen molar-refractivity contribution in [1.82, 2.24) is 0 Å². The summed E-state index contributed by atoms with van der Waals surface area (Å²) in [6.45, 7) is -0.372. The van der Waals surface area contributed by atoms with E-state index in [0.717, 1.165) is 0 Å². The van der Waals surface area contributed by atoms with E-state index in [4.69, 9.17) is 0 Å². The molecule has 0 aromatic heterocycles. The van der Waals surface area contributed by atoms with Crippen molar-refractivity contribution in [1.29, 1.82) is 0 Å². The molecule has 0 N–H and O–H groups in total. The van der Waals surface area contributed by atoms with E-state index in [1.165, 1.54) is 0 Å². The van der Waals surface area contributed by atoms with Crippen LogP contribution in [0.25, 0.3) is 0 Å². The van der Waals surface area contributed by atoms with E-state index in [-0.39, 0.29) is 14.0 Å². The molecule has 0 rings (SSSR count). The minimum absolute atomic E-state index is 0.159. The van der Waals surface area contributed by atoms with Crippen LogP contribution in [-0.2, 0) is 4.74 Å². The molecular weight excluding hydrogens is 221 g/mol. The molecule has 1 atom stereocenters. The molecule has 0 bridgehead atoms. The first-order valence-electron chi connectivity index (χ1n) is 3.28. The fourth-order valence-corrected chi connectivity index (χ4v) is 0.654. The van der Waals surface area contributed by atoms with Crippen molar-refractivity contribution in [2.45, 2.75) is 31.0 Å². The fourth-order valence-electron chi connectivity index (χ4n) is 0.654. The maximum atomic E-state index is 12.7. The lowest BCUT2D eigenvalue weighted by Crippen LogP contribution is -2.59. The van der Waals surface area contributed by atoms with Crippen molar-refractivity contribution in [2.75, 3.05) is 7.11 Å². The van der Waals surface area contributed by atoms with Crippen molar-refractivity contribution in [3.05, 3.63) is 0 Å². The number of hydrogen-bond acceptors (Lipinski definition) is 1. The average molecular weight is 228 g/mol. The first kappa shape index (κ1) is 13.5. The number of rotatable bonds is 4. The van der Waals surface area contributed by atoms with E-state index >= 15 is 0 Å². The summed E-state index contributed by atoms with van der Waals surface area (Å²) >= 11 is 0. The average Bonchev–Trinajstić information content (AvgIpc) is 2.00. The molecule has 0 aliphatic rings. The number of alkyl halides is 7. The molecule has 1 nitrogen and oxygen atoms in total. The molecule has 0 saturated carbocycles.